The van der Waals surface area contributed by atoms with Crippen molar-refractivity contribution in [3.63, 3.8) is 0 Å². The molecule has 0 atom stereocenters. The van der Waals surface area contributed by atoms with E-state index in [1.165, 1.54) is 17.7 Å². The van der Waals surface area contributed by atoms with E-state index in [1.54, 1.807) is 10.9 Å². The first kappa shape index (κ1) is 15.3. The molecule has 122 valence electrons. The molecule has 4 aromatic rings. The standard InChI is InChI=1S/C18H13N5OS/c1-3-8-19-16-13-14-15(25-17(13)21-9-20-16)18(24)23(10-22-14)12-6-4-11(2)5-7-12/h1,4-7,9-10H,8H2,2H3,(H,19,20,21). The van der Waals surface area contributed by atoms with E-state index >= 15 is 0 Å². The maximum absolute atomic E-state index is 12.9. The summed E-state index contributed by atoms with van der Waals surface area (Å²) in [5.41, 5.74) is 2.37. The summed E-state index contributed by atoms with van der Waals surface area (Å²) in [6.07, 6.45) is 8.30. The number of aromatic nitrogens is 4. The molecule has 0 unspecified atom stereocenters. The van der Waals surface area contributed by atoms with Crippen molar-refractivity contribution in [2.75, 3.05) is 11.9 Å². The van der Waals surface area contributed by atoms with Crippen LogP contribution in [0.4, 0.5) is 5.82 Å². The summed E-state index contributed by atoms with van der Waals surface area (Å²) in [5, 5.41) is 3.79. The average molecular weight is 347 g/mol. The first-order valence-corrected chi connectivity index (χ1v) is 8.40. The van der Waals surface area contributed by atoms with E-state index in [-0.39, 0.29) is 5.56 Å². The fourth-order valence-corrected chi connectivity index (χ4v) is 3.65. The molecule has 0 aliphatic rings. The summed E-state index contributed by atoms with van der Waals surface area (Å²) in [7, 11) is 0. The Morgan fingerprint density at radius 2 is 2.04 bits per heavy atom. The van der Waals surface area contributed by atoms with Gasteiger partial charge in [-0.3, -0.25) is 9.36 Å². The van der Waals surface area contributed by atoms with Crippen molar-refractivity contribution < 1.29 is 0 Å². The number of fused-ring (bicyclic) bond motifs is 3. The van der Waals surface area contributed by atoms with Crippen LogP contribution in [0.5, 0.6) is 0 Å². The fourth-order valence-electron chi connectivity index (χ4n) is 2.62. The van der Waals surface area contributed by atoms with E-state index in [4.69, 9.17) is 6.42 Å². The highest BCUT2D eigenvalue weighted by atomic mass is 32.1. The van der Waals surface area contributed by atoms with Crippen LogP contribution in [0.3, 0.4) is 0 Å². The van der Waals surface area contributed by atoms with Crippen molar-refractivity contribution in [3.8, 4) is 18.0 Å². The number of thiophene rings is 1. The molecule has 0 spiro atoms. The van der Waals surface area contributed by atoms with Crippen LogP contribution in [0.1, 0.15) is 5.56 Å². The minimum atomic E-state index is -0.125. The molecule has 25 heavy (non-hydrogen) atoms. The van der Waals surface area contributed by atoms with Crippen LogP contribution in [0, 0.1) is 19.3 Å². The lowest BCUT2D eigenvalue weighted by molar-refractivity contribution is 0.966. The largest absolute Gasteiger partial charge is 0.358 e. The molecule has 4 rings (SSSR count). The van der Waals surface area contributed by atoms with Gasteiger partial charge in [0.2, 0.25) is 0 Å². The maximum Gasteiger partial charge on any atom is 0.275 e. The van der Waals surface area contributed by atoms with Gasteiger partial charge in [-0.15, -0.1) is 17.8 Å². The van der Waals surface area contributed by atoms with E-state index < -0.39 is 0 Å². The molecule has 0 saturated carbocycles. The number of hydrogen-bond acceptors (Lipinski definition) is 6. The third-order valence-corrected chi connectivity index (χ3v) is 4.92. The van der Waals surface area contributed by atoms with E-state index in [0.717, 1.165) is 16.6 Å². The summed E-state index contributed by atoms with van der Waals surface area (Å²) in [6, 6.07) is 7.73. The van der Waals surface area contributed by atoms with Crippen molar-refractivity contribution in [1.82, 2.24) is 19.5 Å². The second kappa shape index (κ2) is 6.00. The molecule has 0 radical (unpaired) electrons. The van der Waals surface area contributed by atoms with E-state index in [9.17, 15) is 4.79 Å². The highest BCUT2D eigenvalue weighted by Gasteiger charge is 2.16. The fraction of sp³-hybridized carbons (Fsp3) is 0.111. The van der Waals surface area contributed by atoms with Gasteiger partial charge in [0.15, 0.2) is 0 Å². The Hall–Kier alpha value is -3.24. The number of hydrogen-bond donors (Lipinski definition) is 1. The maximum atomic E-state index is 12.9. The number of benzene rings is 1. The molecule has 1 N–H and O–H groups in total. The van der Waals surface area contributed by atoms with Crippen molar-refractivity contribution >= 4 is 37.6 Å². The molecule has 0 amide bonds. The smallest absolute Gasteiger partial charge is 0.275 e. The Bertz CT molecular complexity index is 1180. The zero-order valence-electron chi connectivity index (χ0n) is 13.4. The third-order valence-electron chi connectivity index (χ3n) is 3.85. The first-order valence-electron chi connectivity index (χ1n) is 7.58. The van der Waals surface area contributed by atoms with E-state index in [2.05, 4.69) is 26.2 Å². The molecule has 6 nitrogen and oxygen atoms in total. The molecule has 0 saturated heterocycles. The predicted octanol–water partition coefficient (Wildman–Crippen LogP) is 2.74. The Morgan fingerprint density at radius 3 is 2.80 bits per heavy atom. The number of aryl methyl sites for hydroxylation is 1. The van der Waals surface area contributed by atoms with Crippen LogP contribution in [0.15, 0.2) is 41.7 Å². The lowest BCUT2D eigenvalue weighted by Gasteiger charge is -2.06. The van der Waals surface area contributed by atoms with Crippen molar-refractivity contribution in [1.29, 1.82) is 0 Å². The van der Waals surface area contributed by atoms with Gasteiger partial charge in [-0.05, 0) is 19.1 Å². The lowest BCUT2D eigenvalue weighted by atomic mass is 10.2. The normalized spacial score (nSPS) is 10.9. The number of rotatable bonds is 3. The lowest BCUT2D eigenvalue weighted by Crippen LogP contribution is -2.17. The van der Waals surface area contributed by atoms with Crippen molar-refractivity contribution in [2.45, 2.75) is 6.92 Å². The molecule has 1 aromatic carbocycles. The van der Waals surface area contributed by atoms with Crippen LogP contribution >= 0.6 is 11.3 Å². The minimum absolute atomic E-state index is 0.125. The van der Waals surface area contributed by atoms with Crippen LogP contribution in [-0.4, -0.2) is 26.1 Å². The van der Waals surface area contributed by atoms with Crippen molar-refractivity contribution in [3.05, 3.63) is 52.8 Å². The van der Waals surface area contributed by atoms with E-state index in [0.29, 0.717) is 27.4 Å². The van der Waals surface area contributed by atoms with Gasteiger partial charge in [0.25, 0.3) is 5.56 Å². The molecule has 0 aliphatic heterocycles. The van der Waals surface area contributed by atoms with Crippen LogP contribution in [0.25, 0.3) is 26.1 Å². The van der Waals surface area contributed by atoms with Crippen LogP contribution < -0.4 is 10.9 Å². The third kappa shape index (κ3) is 2.53. The van der Waals surface area contributed by atoms with Gasteiger partial charge in [0.05, 0.1) is 17.6 Å². The van der Waals surface area contributed by atoms with Gasteiger partial charge in [-0.1, -0.05) is 23.6 Å². The summed E-state index contributed by atoms with van der Waals surface area (Å²) >= 11 is 1.31. The van der Waals surface area contributed by atoms with Crippen molar-refractivity contribution in [2.24, 2.45) is 0 Å². The average Bonchev–Trinajstić information content (AvgIpc) is 3.01. The molecule has 0 bridgehead atoms. The Morgan fingerprint density at radius 1 is 1.24 bits per heavy atom. The summed E-state index contributed by atoms with van der Waals surface area (Å²) in [6.45, 7) is 2.34. The highest BCUT2D eigenvalue weighted by molar-refractivity contribution is 7.25. The second-order valence-electron chi connectivity index (χ2n) is 5.50. The van der Waals surface area contributed by atoms with Gasteiger partial charge in [0.1, 0.15) is 33.5 Å². The first-order chi connectivity index (χ1) is 12.2. The molecule has 3 heterocycles. The molecular formula is C18H13N5OS. The predicted molar refractivity (Wildman–Crippen MR) is 100 cm³/mol. The number of terminal acetylenes is 1. The minimum Gasteiger partial charge on any atom is -0.358 e. The summed E-state index contributed by atoms with van der Waals surface area (Å²) in [5.74, 6) is 3.11. The van der Waals surface area contributed by atoms with Crippen LogP contribution in [-0.2, 0) is 0 Å². The Kier molecular flexibility index (Phi) is 3.67. The SMILES string of the molecule is C#CCNc1ncnc2sc3c(=O)n(-c4ccc(C)cc4)cnc3c12. The van der Waals surface area contributed by atoms with Gasteiger partial charge in [-0.2, -0.15) is 0 Å². The molecule has 7 heteroatoms. The Balaban J connectivity index is 1.96. The molecular weight excluding hydrogens is 334 g/mol. The monoisotopic (exact) mass is 347 g/mol. The van der Waals surface area contributed by atoms with Gasteiger partial charge >= 0.3 is 0 Å². The van der Waals surface area contributed by atoms with Gasteiger partial charge in [-0.25, -0.2) is 15.0 Å². The zero-order chi connectivity index (χ0) is 17.4. The molecule has 0 aliphatic carbocycles. The quantitative estimate of drug-likeness (QED) is 0.577. The second-order valence-corrected chi connectivity index (χ2v) is 6.49. The summed E-state index contributed by atoms with van der Waals surface area (Å²) < 4.78 is 2.08. The zero-order valence-corrected chi connectivity index (χ0v) is 14.2. The van der Waals surface area contributed by atoms with E-state index in [1.807, 2.05) is 31.2 Å². The number of nitrogens with zero attached hydrogens (tertiary/aromatic N) is 4. The molecule has 3 aromatic heterocycles. The Labute approximate surface area is 147 Å². The molecule has 0 fully saturated rings. The van der Waals surface area contributed by atoms with Crippen LogP contribution in [0.2, 0.25) is 0 Å². The van der Waals surface area contributed by atoms with Gasteiger partial charge < -0.3 is 5.32 Å². The summed E-state index contributed by atoms with van der Waals surface area (Å²) in [4.78, 5) is 26.6. The number of anilines is 1. The number of nitrogens with one attached hydrogen (secondary N) is 1. The van der Waals surface area contributed by atoms with Gasteiger partial charge in [0, 0.05) is 0 Å². The highest BCUT2D eigenvalue weighted by Crippen LogP contribution is 2.32. The topological polar surface area (TPSA) is 72.7 Å².